The van der Waals surface area contributed by atoms with Gasteiger partial charge in [0.05, 0.1) is 4.90 Å². The van der Waals surface area contributed by atoms with Gasteiger partial charge in [-0.1, -0.05) is 17.7 Å². The molecule has 0 bridgehead atoms. The van der Waals surface area contributed by atoms with Crippen molar-refractivity contribution in [2.24, 2.45) is 10.3 Å². The van der Waals surface area contributed by atoms with Crippen molar-refractivity contribution in [3.63, 3.8) is 0 Å². The van der Waals surface area contributed by atoms with Gasteiger partial charge >= 0.3 is 0 Å². The summed E-state index contributed by atoms with van der Waals surface area (Å²) in [5, 5.41) is 0. The number of rotatable bonds is 3. The van der Waals surface area contributed by atoms with Crippen molar-refractivity contribution in [2.45, 2.75) is 24.7 Å². The number of aryl methyl sites for hydroxylation is 1. The fraction of sp³-hybridized carbons (Fsp3) is 0.364. The maximum atomic E-state index is 11.7. The molecule has 80 valence electrons. The highest BCUT2D eigenvalue weighted by Crippen LogP contribution is 2.27. The Balaban J connectivity index is 2.24. The molecule has 0 amide bonds. The van der Waals surface area contributed by atoms with Gasteiger partial charge in [0.2, 0.25) is 0 Å². The molecule has 15 heavy (non-hydrogen) atoms. The summed E-state index contributed by atoms with van der Waals surface area (Å²) >= 11 is 0. The fourth-order valence-corrected chi connectivity index (χ4v) is 2.12. The van der Waals surface area contributed by atoms with E-state index in [0.29, 0.717) is 5.92 Å². The molecule has 0 heterocycles. The lowest BCUT2D eigenvalue weighted by Gasteiger charge is -1.98. The zero-order valence-corrected chi connectivity index (χ0v) is 9.37. The van der Waals surface area contributed by atoms with E-state index < -0.39 is 10.0 Å². The van der Waals surface area contributed by atoms with Crippen LogP contribution in [-0.4, -0.2) is 14.6 Å². The molecule has 0 spiro atoms. The first-order valence-corrected chi connectivity index (χ1v) is 6.39. The summed E-state index contributed by atoms with van der Waals surface area (Å²) in [4.78, 5) is 0.269. The minimum Gasteiger partial charge on any atom is -0.199 e. The van der Waals surface area contributed by atoms with Crippen LogP contribution in [0.5, 0.6) is 0 Å². The molecule has 1 saturated carbocycles. The van der Waals surface area contributed by atoms with E-state index in [4.69, 9.17) is 0 Å². The van der Waals surface area contributed by atoms with Crippen molar-refractivity contribution in [1.29, 1.82) is 0 Å². The summed E-state index contributed by atoms with van der Waals surface area (Å²) in [6.07, 6.45) is 3.68. The highest BCUT2D eigenvalue weighted by atomic mass is 32.2. The highest BCUT2D eigenvalue weighted by Gasteiger charge is 2.20. The van der Waals surface area contributed by atoms with E-state index >= 15 is 0 Å². The van der Waals surface area contributed by atoms with Gasteiger partial charge < -0.3 is 0 Å². The molecular formula is C11H13NO2S. The molecule has 0 unspecified atom stereocenters. The number of hydrogen-bond donors (Lipinski definition) is 0. The standard InChI is InChI=1S/C11H13NO2S/c1-9-2-6-11(7-3-9)15(13,14)12-8-10-4-5-10/h2-3,6-8,10H,4-5H2,1H3/b12-8+. The Hall–Kier alpha value is -1.16. The van der Waals surface area contributed by atoms with Gasteiger partial charge in [0.1, 0.15) is 0 Å². The molecule has 0 radical (unpaired) electrons. The van der Waals surface area contributed by atoms with Gasteiger partial charge in [-0.3, -0.25) is 0 Å². The van der Waals surface area contributed by atoms with Crippen LogP contribution in [0.4, 0.5) is 0 Å². The van der Waals surface area contributed by atoms with Crippen molar-refractivity contribution in [2.75, 3.05) is 0 Å². The Labute approximate surface area is 89.9 Å². The summed E-state index contributed by atoms with van der Waals surface area (Å²) in [6, 6.07) is 6.74. The van der Waals surface area contributed by atoms with Gasteiger partial charge in [-0.2, -0.15) is 12.8 Å². The van der Waals surface area contributed by atoms with Crippen LogP contribution in [0.15, 0.2) is 33.6 Å². The van der Waals surface area contributed by atoms with E-state index in [-0.39, 0.29) is 4.90 Å². The van der Waals surface area contributed by atoms with Crippen molar-refractivity contribution < 1.29 is 8.42 Å². The summed E-state index contributed by atoms with van der Waals surface area (Å²) in [6.45, 7) is 1.92. The molecule has 1 aromatic rings. The van der Waals surface area contributed by atoms with Crippen LogP contribution in [0.2, 0.25) is 0 Å². The molecule has 1 aromatic carbocycles. The van der Waals surface area contributed by atoms with Crippen molar-refractivity contribution in [3.05, 3.63) is 29.8 Å². The number of hydrogen-bond acceptors (Lipinski definition) is 2. The van der Waals surface area contributed by atoms with Crippen molar-refractivity contribution >= 4 is 16.2 Å². The van der Waals surface area contributed by atoms with E-state index in [1.807, 2.05) is 6.92 Å². The molecule has 0 aromatic heterocycles. The van der Waals surface area contributed by atoms with Crippen LogP contribution < -0.4 is 0 Å². The van der Waals surface area contributed by atoms with Crippen LogP contribution in [0.25, 0.3) is 0 Å². The quantitative estimate of drug-likeness (QED) is 0.737. The normalized spacial score (nSPS) is 17.1. The minimum atomic E-state index is -3.46. The first-order chi connectivity index (χ1) is 7.08. The number of nitrogens with zero attached hydrogens (tertiary/aromatic N) is 1. The predicted octanol–water partition coefficient (Wildman–Crippen LogP) is 2.16. The van der Waals surface area contributed by atoms with E-state index in [0.717, 1.165) is 18.4 Å². The van der Waals surface area contributed by atoms with Gasteiger partial charge in [-0.05, 0) is 37.8 Å². The Bertz CT molecular complexity index is 470. The van der Waals surface area contributed by atoms with Crippen molar-refractivity contribution in [3.8, 4) is 0 Å². The second-order valence-corrected chi connectivity index (χ2v) is 5.51. The molecule has 0 N–H and O–H groups in total. The van der Waals surface area contributed by atoms with E-state index in [1.165, 1.54) is 0 Å². The summed E-state index contributed by atoms with van der Waals surface area (Å²) < 4.78 is 27.0. The zero-order valence-electron chi connectivity index (χ0n) is 8.55. The molecule has 1 aliphatic rings. The van der Waals surface area contributed by atoms with Gasteiger partial charge in [0, 0.05) is 6.21 Å². The number of sulfonamides is 1. The van der Waals surface area contributed by atoms with Gasteiger partial charge in [0.25, 0.3) is 10.0 Å². The molecule has 0 saturated heterocycles. The van der Waals surface area contributed by atoms with Gasteiger partial charge in [-0.25, -0.2) is 0 Å². The summed E-state index contributed by atoms with van der Waals surface area (Å²) in [5.41, 5.74) is 1.04. The third kappa shape index (κ3) is 2.65. The van der Waals surface area contributed by atoms with Crippen LogP contribution in [0.3, 0.4) is 0 Å². The lowest BCUT2D eigenvalue weighted by atomic mass is 10.2. The smallest absolute Gasteiger partial charge is 0.199 e. The maximum absolute atomic E-state index is 11.7. The Kier molecular flexibility index (Phi) is 2.61. The Morgan fingerprint density at radius 3 is 2.40 bits per heavy atom. The van der Waals surface area contributed by atoms with E-state index in [2.05, 4.69) is 4.40 Å². The van der Waals surface area contributed by atoms with Crippen LogP contribution >= 0.6 is 0 Å². The lowest BCUT2D eigenvalue weighted by molar-refractivity contribution is 0.598. The molecule has 0 aliphatic heterocycles. The van der Waals surface area contributed by atoms with Crippen LogP contribution in [-0.2, 0) is 10.0 Å². The molecule has 3 nitrogen and oxygen atoms in total. The number of benzene rings is 1. The second-order valence-electron chi connectivity index (χ2n) is 3.88. The molecule has 4 heteroatoms. The third-order valence-electron chi connectivity index (χ3n) is 2.35. The topological polar surface area (TPSA) is 46.5 Å². The molecule has 1 aliphatic carbocycles. The average molecular weight is 223 g/mol. The first kappa shape index (κ1) is 10.4. The average Bonchev–Trinajstić information content (AvgIpc) is 2.99. The monoisotopic (exact) mass is 223 g/mol. The molecule has 0 atom stereocenters. The highest BCUT2D eigenvalue weighted by molar-refractivity contribution is 7.90. The SMILES string of the molecule is Cc1ccc(S(=O)(=O)/N=C/C2CC2)cc1. The zero-order chi connectivity index (χ0) is 10.9. The fourth-order valence-electron chi connectivity index (χ4n) is 1.18. The second kappa shape index (κ2) is 3.77. The lowest BCUT2D eigenvalue weighted by Crippen LogP contribution is -1.97. The summed E-state index contributed by atoms with van der Waals surface area (Å²) in [7, 11) is -3.46. The van der Waals surface area contributed by atoms with Crippen LogP contribution in [0.1, 0.15) is 18.4 Å². The minimum absolute atomic E-state index is 0.269. The van der Waals surface area contributed by atoms with E-state index in [9.17, 15) is 8.42 Å². The van der Waals surface area contributed by atoms with E-state index in [1.54, 1.807) is 30.5 Å². The Morgan fingerprint density at radius 1 is 1.27 bits per heavy atom. The largest absolute Gasteiger partial charge is 0.281 e. The van der Waals surface area contributed by atoms with Crippen LogP contribution in [0, 0.1) is 12.8 Å². The molecular weight excluding hydrogens is 210 g/mol. The summed E-state index contributed by atoms with van der Waals surface area (Å²) in [5.74, 6) is 0.380. The molecule has 2 rings (SSSR count). The third-order valence-corrected chi connectivity index (χ3v) is 3.62. The molecule has 1 fully saturated rings. The maximum Gasteiger partial charge on any atom is 0.281 e. The predicted molar refractivity (Wildman–Crippen MR) is 59.6 cm³/mol. The van der Waals surface area contributed by atoms with Gasteiger partial charge in [-0.15, -0.1) is 0 Å². The Morgan fingerprint density at radius 2 is 1.87 bits per heavy atom. The first-order valence-electron chi connectivity index (χ1n) is 4.95. The van der Waals surface area contributed by atoms with Crippen molar-refractivity contribution in [1.82, 2.24) is 0 Å². The van der Waals surface area contributed by atoms with Gasteiger partial charge in [0.15, 0.2) is 0 Å².